The zero-order valence-electron chi connectivity index (χ0n) is 18.7. The molecule has 1 N–H and O–H groups in total. The first-order valence-electron chi connectivity index (χ1n) is 11.3. The van der Waals surface area contributed by atoms with Crippen LogP contribution in [0.2, 0.25) is 0 Å². The van der Waals surface area contributed by atoms with Gasteiger partial charge in [-0.3, -0.25) is 4.79 Å². The molecule has 34 heavy (non-hydrogen) atoms. The fraction of sp³-hybridized carbons (Fsp3) is 0.214. The number of hydrogen-bond acceptors (Lipinski definition) is 5. The van der Waals surface area contributed by atoms with Gasteiger partial charge in [-0.25, -0.2) is 9.18 Å². The summed E-state index contributed by atoms with van der Waals surface area (Å²) in [4.78, 5) is 28.0. The van der Waals surface area contributed by atoms with Crippen molar-refractivity contribution < 1.29 is 18.7 Å². The van der Waals surface area contributed by atoms with Crippen LogP contribution in [0.1, 0.15) is 47.6 Å². The number of esters is 1. The lowest BCUT2D eigenvalue weighted by Gasteiger charge is -2.36. The Labute approximate surface area is 201 Å². The quantitative estimate of drug-likeness (QED) is 0.463. The Morgan fingerprint density at radius 3 is 2.56 bits per heavy atom. The van der Waals surface area contributed by atoms with Crippen molar-refractivity contribution in [2.75, 3.05) is 0 Å². The number of hydrogen-bond donors (Lipinski definition) is 1. The van der Waals surface area contributed by atoms with Gasteiger partial charge >= 0.3 is 5.97 Å². The van der Waals surface area contributed by atoms with Gasteiger partial charge in [0, 0.05) is 39.7 Å². The summed E-state index contributed by atoms with van der Waals surface area (Å²) in [5, 5.41) is 5.31. The number of Topliss-reactive ketones (excluding diaryl/α,β-unsaturated/α-hetero) is 1. The monoisotopic (exact) mass is 473 g/mol. The summed E-state index contributed by atoms with van der Waals surface area (Å²) in [6.07, 6.45) is 0.966. The Kier molecular flexibility index (Phi) is 6.16. The number of halogens is 1. The molecule has 3 aromatic rings. The first-order valence-corrected chi connectivity index (χ1v) is 12.1. The number of dihydropyridines is 1. The van der Waals surface area contributed by atoms with Crippen molar-refractivity contribution in [1.82, 2.24) is 5.32 Å². The molecule has 0 saturated carbocycles. The number of allylic oxidation sites excluding steroid dienone is 3. The van der Waals surface area contributed by atoms with Crippen LogP contribution < -0.4 is 5.32 Å². The van der Waals surface area contributed by atoms with Crippen LogP contribution in [0.25, 0.3) is 0 Å². The zero-order chi connectivity index (χ0) is 23.7. The Morgan fingerprint density at radius 2 is 1.82 bits per heavy atom. The summed E-state index contributed by atoms with van der Waals surface area (Å²) in [6.45, 7) is 1.89. The van der Waals surface area contributed by atoms with Crippen molar-refractivity contribution in [3.63, 3.8) is 0 Å². The number of benzene rings is 2. The van der Waals surface area contributed by atoms with Gasteiger partial charge < -0.3 is 10.1 Å². The number of ether oxygens (including phenoxy) is 1. The molecule has 0 fully saturated rings. The molecule has 0 saturated heterocycles. The lowest BCUT2D eigenvalue weighted by atomic mass is 9.72. The highest BCUT2D eigenvalue weighted by molar-refractivity contribution is 7.10. The van der Waals surface area contributed by atoms with E-state index in [1.807, 2.05) is 47.8 Å². The zero-order valence-corrected chi connectivity index (χ0v) is 19.5. The van der Waals surface area contributed by atoms with E-state index in [2.05, 4.69) is 5.32 Å². The summed E-state index contributed by atoms with van der Waals surface area (Å²) < 4.78 is 20.7. The van der Waals surface area contributed by atoms with Crippen LogP contribution in [-0.4, -0.2) is 11.8 Å². The van der Waals surface area contributed by atoms with Crippen LogP contribution in [0, 0.1) is 5.82 Å². The van der Waals surface area contributed by atoms with Gasteiger partial charge in [-0.1, -0.05) is 54.6 Å². The SMILES string of the molecule is CC1=C(C(=O)OCc2ccccc2)[C@H](c2ccccc2F)C2=C(C[C@@H](c3cccs3)CC2=O)N1. The van der Waals surface area contributed by atoms with Crippen molar-refractivity contribution in [3.8, 4) is 0 Å². The predicted octanol–water partition coefficient (Wildman–Crippen LogP) is 5.99. The van der Waals surface area contributed by atoms with E-state index in [1.165, 1.54) is 6.07 Å². The van der Waals surface area contributed by atoms with Gasteiger partial charge in [0.15, 0.2) is 5.78 Å². The molecule has 2 aliphatic rings. The molecule has 0 bridgehead atoms. The number of rotatable bonds is 5. The largest absolute Gasteiger partial charge is 0.457 e. The van der Waals surface area contributed by atoms with Crippen LogP contribution >= 0.6 is 11.3 Å². The third-order valence-corrected chi connectivity index (χ3v) is 7.46. The van der Waals surface area contributed by atoms with E-state index in [1.54, 1.807) is 36.5 Å². The molecule has 172 valence electrons. The summed E-state index contributed by atoms with van der Waals surface area (Å²) in [6, 6.07) is 19.8. The fourth-order valence-corrected chi connectivity index (χ4v) is 5.69. The first kappa shape index (κ1) is 22.3. The Hall–Kier alpha value is -3.51. The lowest BCUT2D eigenvalue weighted by Crippen LogP contribution is -2.36. The summed E-state index contributed by atoms with van der Waals surface area (Å²) in [5.41, 5.74) is 3.26. The highest BCUT2D eigenvalue weighted by atomic mass is 32.1. The van der Waals surface area contributed by atoms with E-state index >= 15 is 4.39 Å². The number of nitrogens with one attached hydrogen (secondary N) is 1. The number of ketones is 1. The second-order valence-electron chi connectivity index (χ2n) is 8.62. The van der Waals surface area contributed by atoms with E-state index in [0.717, 1.165) is 16.1 Å². The van der Waals surface area contributed by atoms with Gasteiger partial charge in [0.05, 0.1) is 11.5 Å². The van der Waals surface area contributed by atoms with Crippen molar-refractivity contribution >= 4 is 23.1 Å². The second kappa shape index (κ2) is 9.39. The van der Waals surface area contributed by atoms with Crippen LogP contribution in [-0.2, 0) is 20.9 Å². The highest BCUT2D eigenvalue weighted by Crippen LogP contribution is 2.46. The molecular weight excluding hydrogens is 449 g/mol. The van der Waals surface area contributed by atoms with E-state index in [0.29, 0.717) is 29.7 Å². The summed E-state index contributed by atoms with van der Waals surface area (Å²) in [7, 11) is 0. The third kappa shape index (κ3) is 4.21. The minimum absolute atomic E-state index is 0.0683. The number of thiophene rings is 1. The average molecular weight is 474 g/mol. The van der Waals surface area contributed by atoms with Crippen LogP contribution in [0.15, 0.2) is 94.7 Å². The summed E-state index contributed by atoms with van der Waals surface area (Å²) in [5.74, 6) is -1.81. The Balaban J connectivity index is 1.53. The minimum Gasteiger partial charge on any atom is -0.457 e. The second-order valence-corrected chi connectivity index (χ2v) is 9.60. The van der Waals surface area contributed by atoms with E-state index in [9.17, 15) is 9.59 Å². The van der Waals surface area contributed by atoms with Gasteiger partial charge in [0.1, 0.15) is 12.4 Å². The molecule has 1 aromatic heterocycles. The predicted molar refractivity (Wildman–Crippen MR) is 130 cm³/mol. The maximum atomic E-state index is 15.0. The molecule has 2 atom stereocenters. The van der Waals surface area contributed by atoms with Crippen LogP contribution in [0.4, 0.5) is 4.39 Å². The molecule has 0 radical (unpaired) electrons. The molecule has 1 aliphatic carbocycles. The maximum Gasteiger partial charge on any atom is 0.337 e. The molecular formula is C28H24FNO3S. The Morgan fingerprint density at radius 1 is 1.06 bits per heavy atom. The van der Waals surface area contributed by atoms with E-state index < -0.39 is 17.7 Å². The van der Waals surface area contributed by atoms with Crippen LogP contribution in [0.3, 0.4) is 0 Å². The van der Waals surface area contributed by atoms with Gasteiger partial charge in [-0.2, -0.15) is 0 Å². The van der Waals surface area contributed by atoms with E-state index in [4.69, 9.17) is 4.74 Å². The Bertz CT molecular complexity index is 1290. The van der Waals surface area contributed by atoms with Crippen molar-refractivity contribution in [2.45, 2.75) is 38.2 Å². The molecule has 1 aliphatic heterocycles. The third-order valence-electron chi connectivity index (χ3n) is 6.42. The molecule has 2 aromatic carbocycles. The van der Waals surface area contributed by atoms with Crippen molar-refractivity contribution in [3.05, 3.63) is 116 Å². The highest BCUT2D eigenvalue weighted by Gasteiger charge is 2.42. The molecule has 2 heterocycles. The van der Waals surface area contributed by atoms with Crippen molar-refractivity contribution in [2.24, 2.45) is 0 Å². The fourth-order valence-electron chi connectivity index (χ4n) is 4.86. The molecule has 0 amide bonds. The number of carbonyl (C=O) groups excluding carboxylic acids is 2. The molecule has 6 heteroatoms. The molecule has 0 spiro atoms. The smallest absolute Gasteiger partial charge is 0.337 e. The average Bonchev–Trinajstić information content (AvgIpc) is 3.38. The lowest BCUT2D eigenvalue weighted by molar-refractivity contribution is -0.140. The van der Waals surface area contributed by atoms with Gasteiger partial charge in [-0.05, 0) is 36.4 Å². The standard InChI is InChI=1S/C28H24FNO3S/c1-17-25(28(32)33-16-18-8-3-2-4-9-18)26(20-10-5-6-11-21(20)29)27-22(30-17)14-19(15-23(27)31)24-12-7-13-34-24/h2-13,19,26,30H,14-16H2,1H3/t19-,26+/m1/s1. The molecule has 5 rings (SSSR count). The topological polar surface area (TPSA) is 55.4 Å². The van der Waals surface area contributed by atoms with Gasteiger partial charge in [0.2, 0.25) is 0 Å². The van der Waals surface area contributed by atoms with Gasteiger partial charge in [0.25, 0.3) is 0 Å². The van der Waals surface area contributed by atoms with E-state index in [-0.39, 0.29) is 23.9 Å². The molecule has 0 unspecified atom stereocenters. The minimum atomic E-state index is -0.808. The summed E-state index contributed by atoms with van der Waals surface area (Å²) >= 11 is 1.63. The normalized spacial score (nSPS) is 20.1. The van der Waals surface area contributed by atoms with Crippen LogP contribution in [0.5, 0.6) is 0 Å². The number of carbonyl (C=O) groups is 2. The maximum absolute atomic E-state index is 15.0. The molecule has 4 nitrogen and oxygen atoms in total. The van der Waals surface area contributed by atoms with Gasteiger partial charge in [-0.15, -0.1) is 11.3 Å². The van der Waals surface area contributed by atoms with Crippen molar-refractivity contribution in [1.29, 1.82) is 0 Å². The first-order chi connectivity index (χ1) is 16.5.